The largest absolute Gasteiger partial charge is 0.497 e. The van der Waals surface area contributed by atoms with E-state index >= 15 is 0 Å². The Labute approximate surface area is 115 Å². The van der Waals surface area contributed by atoms with Crippen LogP contribution in [0.5, 0.6) is 11.5 Å². The van der Waals surface area contributed by atoms with Gasteiger partial charge in [-0.2, -0.15) is 0 Å². The average molecular weight is 272 g/mol. The maximum Gasteiger partial charge on any atom is 0.134 e. The number of hydrogen-bond donors (Lipinski definition) is 0. The van der Waals surface area contributed by atoms with Crippen molar-refractivity contribution < 1.29 is 18.3 Å². The Morgan fingerprint density at radius 2 is 1.95 bits per heavy atom. The standard InChI is InChI=1S/C16H13FO3/c1-18-13-3-2-4-14(8-13)19-9-11-10-20-16-6-5-12(17)7-15(11)16/h2-8,10H,9H2,1H3. The first-order valence-electron chi connectivity index (χ1n) is 6.19. The molecule has 4 heteroatoms. The summed E-state index contributed by atoms with van der Waals surface area (Å²) >= 11 is 0. The number of halogens is 1. The molecule has 0 saturated heterocycles. The summed E-state index contributed by atoms with van der Waals surface area (Å²) in [5.41, 5.74) is 1.46. The monoisotopic (exact) mass is 272 g/mol. The average Bonchev–Trinajstić information content (AvgIpc) is 2.87. The van der Waals surface area contributed by atoms with Crippen LogP contribution in [0.2, 0.25) is 0 Å². The topological polar surface area (TPSA) is 31.6 Å². The molecule has 0 fully saturated rings. The summed E-state index contributed by atoms with van der Waals surface area (Å²) in [6.45, 7) is 0.309. The number of ether oxygens (including phenoxy) is 2. The van der Waals surface area contributed by atoms with Gasteiger partial charge in [-0.05, 0) is 30.3 Å². The number of rotatable bonds is 4. The van der Waals surface area contributed by atoms with Gasteiger partial charge in [-0.25, -0.2) is 4.39 Å². The molecule has 20 heavy (non-hydrogen) atoms. The number of benzene rings is 2. The molecule has 102 valence electrons. The molecular formula is C16H13FO3. The van der Waals surface area contributed by atoms with Crippen molar-refractivity contribution in [1.29, 1.82) is 0 Å². The molecular weight excluding hydrogens is 259 g/mol. The highest BCUT2D eigenvalue weighted by molar-refractivity contribution is 5.80. The third-order valence-electron chi connectivity index (χ3n) is 3.05. The third-order valence-corrected chi connectivity index (χ3v) is 3.05. The Hall–Kier alpha value is -2.49. The molecule has 0 saturated carbocycles. The van der Waals surface area contributed by atoms with Crippen molar-refractivity contribution >= 4 is 11.0 Å². The third kappa shape index (κ3) is 2.45. The van der Waals surface area contributed by atoms with Gasteiger partial charge >= 0.3 is 0 Å². The minimum Gasteiger partial charge on any atom is -0.497 e. The van der Waals surface area contributed by atoms with Crippen molar-refractivity contribution in [3.8, 4) is 11.5 Å². The van der Waals surface area contributed by atoms with E-state index in [9.17, 15) is 4.39 Å². The van der Waals surface area contributed by atoms with Crippen molar-refractivity contribution in [2.45, 2.75) is 6.61 Å². The quantitative estimate of drug-likeness (QED) is 0.714. The molecule has 0 atom stereocenters. The zero-order valence-electron chi connectivity index (χ0n) is 10.9. The van der Waals surface area contributed by atoms with Crippen LogP contribution in [-0.2, 0) is 6.61 Å². The summed E-state index contributed by atoms with van der Waals surface area (Å²) < 4.78 is 29.4. The lowest BCUT2D eigenvalue weighted by atomic mass is 10.2. The van der Waals surface area contributed by atoms with Crippen molar-refractivity contribution in [1.82, 2.24) is 0 Å². The predicted molar refractivity (Wildman–Crippen MR) is 73.5 cm³/mol. The van der Waals surface area contributed by atoms with E-state index in [1.807, 2.05) is 18.2 Å². The fourth-order valence-corrected chi connectivity index (χ4v) is 2.02. The van der Waals surface area contributed by atoms with E-state index in [1.54, 1.807) is 25.5 Å². The second-order valence-corrected chi connectivity index (χ2v) is 4.37. The molecule has 0 N–H and O–H groups in total. The molecule has 3 nitrogen and oxygen atoms in total. The molecule has 1 heterocycles. The van der Waals surface area contributed by atoms with E-state index in [1.165, 1.54) is 12.1 Å². The van der Waals surface area contributed by atoms with Crippen molar-refractivity contribution in [3.63, 3.8) is 0 Å². The van der Waals surface area contributed by atoms with Crippen LogP contribution in [0, 0.1) is 5.82 Å². The Balaban J connectivity index is 1.81. The van der Waals surface area contributed by atoms with Crippen LogP contribution in [0.15, 0.2) is 53.1 Å². The molecule has 0 amide bonds. The highest BCUT2D eigenvalue weighted by atomic mass is 19.1. The summed E-state index contributed by atoms with van der Waals surface area (Å²) in [7, 11) is 1.60. The molecule has 0 radical (unpaired) electrons. The number of furan rings is 1. The van der Waals surface area contributed by atoms with E-state index in [4.69, 9.17) is 13.9 Å². The lowest BCUT2D eigenvalue weighted by molar-refractivity contribution is 0.303. The van der Waals surface area contributed by atoms with Crippen molar-refractivity contribution in [2.75, 3.05) is 7.11 Å². The first-order valence-corrected chi connectivity index (χ1v) is 6.19. The van der Waals surface area contributed by atoms with Gasteiger partial charge in [0.05, 0.1) is 13.4 Å². The van der Waals surface area contributed by atoms with Crippen molar-refractivity contribution in [3.05, 3.63) is 60.1 Å². The highest BCUT2D eigenvalue weighted by Crippen LogP contribution is 2.25. The zero-order chi connectivity index (χ0) is 13.9. The fraction of sp³-hybridized carbons (Fsp3) is 0.125. The van der Waals surface area contributed by atoms with E-state index < -0.39 is 0 Å². The molecule has 0 spiro atoms. The first kappa shape index (κ1) is 12.5. The molecule has 0 aliphatic rings. The first-order chi connectivity index (χ1) is 9.76. The number of hydrogen-bond acceptors (Lipinski definition) is 3. The molecule has 3 rings (SSSR count). The van der Waals surface area contributed by atoms with Gasteiger partial charge in [0.15, 0.2) is 0 Å². The van der Waals surface area contributed by atoms with Gasteiger partial charge in [-0.15, -0.1) is 0 Å². The van der Waals surface area contributed by atoms with E-state index in [0.29, 0.717) is 17.9 Å². The smallest absolute Gasteiger partial charge is 0.134 e. The Morgan fingerprint density at radius 3 is 2.80 bits per heavy atom. The molecule has 0 aliphatic carbocycles. The second kappa shape index (κ2) is 5.25. The van der Waals surface area contributed by atoms with Crippen LogP contribution >= 0.6 is 0 Å². The van der Waals surface area contributed by atoms with Crippen LogP contribution in [-0.4, -0.2) is 7.11 Å². The SMILES string of the molecule is COc1cccc(OCc2coc3ccc(F)cc23)c1. The van der Waals surface area contributed by atoms with E-state index in [-0.39, 0.29) is 5.82 Å². The summed E-state index contributed by atoms with van der Waals surface area (Å²) in [6, 6.07) is 11.8. The Kier molecular flexibility index (Phi) is 3.29. The molecule has 0 aliphatic heterocycles. The van der Waals surface area contributed by atoms with Gasteiger partial charge in [-0.1, -0.05) is 6.07 Å². The summed E-state index contributed by atoms with van der Waals surface area (Å²) in [4.78, 5) is 0. The van der Waals surface area contributed by atoms with Gasteiger partial charge in [0, 0.05) is 17.0 Å². The van der Waals surface area contributed by atoms with E-state index in [0.717, 1.165) is 16.7 Å². The van der Waals surface area contributed by atoms with Crippen LogP contribution in [0.3, 0.4) is 0 Å². The fourth-order valence-electron chi connectivity index (χ4n) is 2.02. The molecule has 0 bridgehead atoms. The van der Waals surface area contributed by atoms with Crippen LogP contribution in [0.1, 0.15) is 5.56 Å². The normalized spacial score (nSPS) is 10.7. The maximum absolute atomic E-state index is 13.3. The van der Waals surface area contributed by atoms with Gasteiger partial charge in [0.2, 0.25) is 0 Å². The number of fused-ring (bicyclic) bond motifs is 1. The predicted octanol–water partition coefficient (Wildman–Crippen LogP) is 4.16. The summed E-state index contributed by atoms with van der Waals surface area (Å²) in [5, 5.41) is 0.730. The van der Waals surface area contributed by atoms with Crippen LogP contribution in [0.4, 0.5) is 4.39 Å². The highest BCUT2D eigenvalue weighted by Gasteiger charge is 2.08. The Bertz CT molecular complexity index is 733. The second-order valence-electron chi connectivity index (χ2n) is 4.37. The zero-order valence-corrected chi connectivity index (χ0v) is 10.9. The van der Waals surface area contributed by atoms with Gasteiger partial charge in [0.1, 0.15) is 29.5 Å². The van der Waals surface area contributed by atoms with Gasteiger partial charge < -0.3 is 13.9 Å². The minimum absolute atomic E-state index is 0.290. The minimum atomic E-state index is -0.290. The summed E-state index contributed by atoms with van der Waals surface area (Å²) in [5.74, 6) is 1.13. The van der Waals surface area contributed by atoms with Crippen LogP contribution in [0.25, 0.3) is 11.0 Å². The summed E-state index contributed by atoms with van der Waals surface area (Å²) in [6.07, 6.45) is 1.59. The molecule has 3 aromatic rings. The van der Waals surface area contributed by atoms with Crippen molar-refractivity contribution in [2.24, 2.45) is 0 Å². The lowest BCUT2D eigenvalue weighted by Crippen LogP contribution is -1.95. The van der Waals surface area contributed by atoms with Gasteiger partial charge in [0.25, 0.3) is 0 Å². The maximum atomic E-state index is 13.3. The Morgan fingerprint density at radius 1 is 1.10 bits per heavy atom. The van der Waals surface area contributed by atoms with Crippen LogP contribution < -0.4 is 9.47 Å². The molecule has 1 aromatic heterocycles. The van der Waals surface area contributed by atoms with Gasteiger partial charge in [-0.3, -0.25) is 0 Å². The number of methoxy groups -OCH3 is 1. The molecule has 2 aromatic carbocycles. The van der Waals surface area contributed by atoms with E-state index in [2.05, 4.69) is 0 Å². The molecule has 0 unspecified atom stereocenters. The lowest BCUT2D eigenvalue weighted by Gasteiger charge is -2.06.